The molecule has 2 rings (SSSR count). The van der Waals surface area contributed by atoms with Crippen LogP contribution in [0.3, 0.4) is 0 Å². The molecule has 6 heteroatoms. The Morgan fingerprint density at radius 2 is 1.94 bits per heavy atom. The molecule has 0 aliphatic carbocycles. The van der Waals surface area contributed by atoms with Crippen LogP contribution < -0.4 is 10.6 Å². The second kappa shape index (κ2) is 6.30. The summed E-state index contributed by atoms with van der Waals surface area (Å²) in [6.07, 6.45) is 2.65. The zero-order valence-electron chi connectivity index (χ0n) is 10.6. The van der Waals surface area contributed by atoms with E-state index in [1.165, 1.54) is 4.88 Å². The van der Waals surface area contributed by atoms with Gasteiger partial charge in [-0.25, -0.2) is 15.0 Å². The van der Waals surface area contributed by atoms with E-state index < -0.39 is 0 Å². The van der Waals surface area contributed by atoms with Crippen LogP contribution in [0.25, 0.3) is 0 Å². The molecule has 5 nitrogen and oxygen atoms in total. The lowest BCUT2D eigenvalue weighted by molar-refractivity contribution is 0.963. The van der Waals surface area contributed by atoms with E-state index in [0.29, 0.717) is 0 Å². The van der Waals surface area contributed by atoms with Gasteiger partial charge in [0, 0.05) is 17.5 Å². The first-order valence-electron chi connectivity index (χ1n) is 5.98. The summed E-state index contributed by atoms with van der Waals surface area (Å²) in [6.45, 7) is 5.81. The smallest absolute Gasteiger partial charge is 0.131 e. The zero-order chi connectivity index (χ0) is 12.8. The van der Waals surface area contributed by atoms with Crippen molar-refractivity contribution < 1.29 is 0 Å². The molecule has 0 aliphatic heterocycles. The van der Waals surface area contributed by atoms with Gasteiger partial charge in [-0.15, -0.1) is 11.3 Å². The summed E-state index contributed by atoms with van der Waals surface area (Å²) in [6, 6.07) is 1.92. The van der Waals surface area contributed by atoms with Crippen molar-refractivity contribution in [3.05, 3.63) is 28.5 Å². The maximum atomic E-state index is 4.22. The predicted molar refractivity (Wildman–Crippen MR) is 75.0 cm³/mol. The summed E-state index contributed by atoms with van der Waals surface area (Å²) < 4.78 is 0. The van der Waals surface area contributed by atoms with Crippen LogP contribution >= 0.6 is 11.3 Å². The van der Waals surface area contributed by atoms with Gasteiger partial charge in [0.15, 0.2) is 0 Å². The lowest BCUT2D eigenvalue weighted by Crippen LogP contribution is -2.05. The lowest BCUT2D eigenvalue weighted by atomic mass is 10.4. The average Bonchev–Trinajstić information content (AvgIpc) is 2.80. The minimum absolute atomic E-state index is 0.751. The highest BCUT2D eigenvalue weighted by atomic mass is 32.1. The maximum absolute atomic E-state index is 4.22. The number of aromatic nitrogens is 3. The second-order valence-corrected chi connectivity index (χ2v) is 4.87. The maximum Gasteiger partial charge on any atom is 0.131 e. The first-order valence-corrected chi connectivity index (χ1v) is 6.86. The third-order valence-corrected chi connectivity index (χ3v) is 3.43. The molecule has 0 bridgehead atoms. The third-order valence-electron chi connectivity index (χ3n) is 2.50. The molecule has 0 saturated heterocycles. The van der Waals surface area contributed by atoms with Crippen molar-refractivity contribution in [1.29, 1.82) is 0 Å². The van der Waals surface area contributed by atoms with Crippen LogP contribution in [0.2, 0.25) is 0 Å². The molecule has 2 aromatic heterocycles. The normalized spacial score (nSPS) is 10.3. The standard InChI is InChI=1S/C12H17N5S/c1-3-4-13-11-5-12(16-7-15-11)14-6-10-9(2)17-8-18-10/h5,7-8H,3-4,6H2,1-2H3,(H2,13,14,15,16). The van der Waals surface area contributed by atoms with Gasteiger partial charge in [-0.2, -0.15) is 0 Å². The number of anilines is 2. The van der Waals surface area contributed by atoms with Gasteiger partial charge in [-0.3, -0.25) is 0 Å². The van der Waals surface area contributed by atoms with E-state index in [4.69, 9.17) is 0 Å². The fraction of sp³-hybridized carbons (Fsp3) is 0.417. The van der Waals surface area contributed by atoms with E-state index in [0.717, 1.165) is 36.8 Å². The van der Waals surface area contributed by atoms with Crippen molar-refractivity contribution in [2.75, 3.05) is 17.2 Å². The number of hydrogen-bond acceptors (Lipinski definition) is 6. The number of aryl methyl sites for hydroxylation is 1. The van der Waals surface area contributed by atoms with Crippen molar-refractivity contribution in [3.8, 4) is 0 Å². The van der Waals surface area contributed by atoms with Gasteiger partial charge >= 0.3 is 0 Å². The van der Waals surface area contributed by atoms with E-state index in [1.54, 1.807) is 17.7 Å². The Morgan fingerprint density at radius 3 is 2.61 bits per heavy atom. The summed E-state index contributed by atoms with van der Waals surface area (Å²) in [5, 5.41) is 6.52. The molecule has 0 radical (unpaired) electrons. The third kappa shape index (κ3) is 3.40. The zero-order valence-corrected chi connectivity index (χ0v) is 11.4. The summed E-state index contributed by atoms with van der Waals surface area (Å²) >= 11 is 1.65. The van der Waals surface area contributed by atoms with Gasteiger partial charge in [0.05, 0.1) is 17.7 Å². The average molecular weight is 263 g/mol. The Hall–Kier alpha value is -1.69. The first kappa shape index (κ1) is 12.8. The van der Waals surface area contributed by atoms with Crippen LogP contribution in [-0.4, -0.2) is 21.5 Å². The van der Waals surface area contributed by atoms with Crippen LogP contribution in [0.5, 0.6) is 0 Å². The predicted octanol–water partition coefficient (Wildman–Crippen LogP) is 2.68. The SMILES string of the molecule is CCCNc1cc(NCc2scnc2C)ncn1. The van der Waals surface area contributed by atoms with Crippen molar-refractivity contribution in [2.45, 2.75) is 26.8 Å². The highest BCUT2D eigenvalue weighted by Gasteiger charge is 2.02. The van der Waals surface area contributed by atoms with Crippen molar-refractivity contribution in [1.82, 2.24) is 15.0 Å². The van der Waals surface area contributed by atoms with Crippen LogP contribution in [0, 0.1) is 6.92 Å². The molecule has 0 fully saturated rings. The Kier molecular flexibility index (Phi) is 4.46. The molecule has 96 valence electrons. The minimum Gasteiger partial charge on any atom is -0.370 e. The molecule has 0 aromatic carbocycles. The molecule has 18 heavy (non-hydrogen) atoms. The molecule has 2 N–H and O–H groups in total. The van der Waals surface area contributed by atoms with Gasteiger partial charge < -0.3 is 10.6 Å². The monoisotopic (exact) mass is 263 g/mol. The second-order valence-electron chi connectivity index (χ2n) is 3.93. The Morgan fingerprint density at radius 1 is 1.17 bits per heavy atom. The van der Waals surface area contributed by atoms with Crippen molar-refractivity contribution in [2.24, 2.45) is 0 Å². The fourth-order valence-corrected chi connectivity index (χ4v) is 2.19. The summed E-state index contributed by atoms with van der Waals surface area (Å²) in [5.74, 6) is 1.69. The molecular formula is C12H17N5S. The van der Waals surface area contributed by atoms with Gasteiger partial charge in [-0.05, 0) is 13.3 Å². The summed E-state index contributed by atoms with van der Waals surface area (Å²) in [4.78, 5) is 13.8. The van der Waals surface area contributed by atoms with Crippen LogP contribution in [0.1, 0.15) is 23.9 Å². The van der Waals surface area contributed by atoms with Gasteiger partial charge in [0.1, 0.15) is 18.0 Å². The van der Waals surface area contributed by atoms with Gasteiger partial charge in [-0.1, -0.05) is 6.92 Å². The van der Waals surface area contributed by atoms with Gasteiger partial charge in [0.2, 0.25) is 0 Å². The molecule has 2 aromatic rings. The van der Waals surface area contributed by atoms with Crippen molar-refractivity contribution in [3.63, 3.8) is 0 Å². The van der Waals surface area contributed by atoms with Crippen LogP contribution in [0.4, 0.5) is 11.6 Å². The fourth-order valence-electron chi connectivity index (χ4n) is 1.47. The number of hydrogen-bond donors (Lipinski definition) is 2. The molecule has 2 heterocycles. The largest absolute Gasteiger partial charge is 0.370 e. The van der Waals surface area contributed by atoms with Crippen LogP contribution in [0.15, 0.2) is 17.9 Å². The highest BCUT2D eigenvalue weighted by Crippen LogP contribution is 2.15. The van der Waals surface area contributed by atoms with E-state index in [2.05, 4.69) is 32.5 Å². The Bertz CT molecular complexity index is 497. The summed E-state index contributed by atoms with van der Waals surface area (Å²) in [5.41, 5.74) is 2.94. The Balaban J connectivity index is 1.95. The molecule has 0 unspecified atom stereocenters. The summed E-state index contributed by atoms with van der Waals surface area (Å²) in [7, 11) is 0. The van der Waals surface area contributed by atoms with E-state index in [1.807, 2.05) is 18.5 Å². The van der Waals surface area contributed by atoms with Gasteiger partial charge in [0.25, 0.3) is 0 Å². The number of thiazole rings is 1. The molecule has 0 aliphatic rings. The topological polar surface area (TPSA) is 62.7 Å². The van der Waals surface area contributed by atoms with E-state index in [-0.39, 0.29) is 0 Å². The molecule has 0 amide bonds. The van der Waals surface area contributed by atoms with E-state index >= 15 is 0 Å². The minimum atomic E-state index is 0.751. The van der Waals surface area contributed by atoms with E-state index in [9.17, 15) is 0 Å². The molecular weight excluding hydrogens is 246 g/mol. The van der Waals surface area contributed by atoms with Crippen molar-refractivity contribution >= 4 is 23.0 Å². The quantitative estimate of drug-likeness (QED) is 0.839. The van der Waals surface area contributed by atoms with Crippen LogP contribution in [-0.2, 0) is 6.54 Å². The number of rotatable bonds is 6. The number of nitrogens with zero attached hydrogens (tertiary/aromatic N) is 3. The molecule has 0 spiro atoms. The number of nitrogens with one attached hydrogen (secondary N) is 2. The molecule has 0 atom stereocenters. The Labute approximate surface area is 111 Å². The first-order chi connectivity index (χ1) is 8.79. The molecule has 0 saturated carbocycles. The lowest BCUT2D eigenvalue weighted by Gasteiger charge is -2.07. The highest BCUT2D eigenvalue weighted by molar-refractivity contribution is 7.09.